The van der Waals surface area contributed by atoms with Crippen LogP contribution in [-0.2, 0) is 11.3 Å². The van der Waals surface area contributed by atoms with Gasteiger partial charge in [0, 0.05) is 17.3 Å². The van der Waals surface area contributed by atoms with Crippen molar-refractivity contribution >= 4 is 23.2 Å². The number of anilines is 1. The van der Waals surface area contributed by atoms with Crippen molar-refractivity contribution in [2.24, 2.45) is 0 Å². The number of benzene rings is 2. The first-order valence-electron chi connectivity index (χ1n) is 7.80. The van der Waals surface area contributed by atoms with Crippen LogP contribution in [0.25, 0.3) is 11.3 Å². The summed E-state index contributed by atoms with van der Waals surface area (Å²) in [5, 5.41) is 15.6. The topological polar surface area (TPSA) is 87.8 Å². The molecule has 0 spiro atoms. The number of carbonyl (C=O) groups excluding carboxylic acids is 1. The van der Waals surface area contributed by atoms with Crippen molar-refractivity contribution < 1.29 is 9.18 Å². The molecule has 0 fully saturated rings. The number of carbonyl (C=O) groups is 1. The molecule has 0 radical (unpaired) electrons. The van der Waals surface area contributed by atoms with E-state index in [1.165, 1.54) is 30.3 Å². The van der Waals surface area contributed by atoms with Gasteiger partial charge in [0.25, 0.3) is 5.56 Å². The van der Waals surface area contributed by atoms with E-state index in [9.17, 15) is 14.0 Å². The van der Waals surface area contributed by atoms with Crippen molar-refractivity contribution in [2.75, 3.05) is 5.32 Å². The van der Waals surface area contributed by atoms with Crippen LogP contribution in [0.5, 0.6) is 0 Å². The first kappa shape index (κ1) is 18.3. The second kappa shape index (κ2) is 7.81. The van der Waals surface area contributed by atoms with Crippen molar-refractivity contribution in [3.05, 3.63) is 81.4 Å². The highest BCUT2D eigenvalue weighted by Gasteiger charge is 2.10. The summed E-state index contributed by atoms with van der Waals surface area (Å²) in [6.45, 7) is -0.334. The molecule has 0 unspecified atom stereocenters. The molecule has 1 amide bonds. The average molecular weight is 383 g/mol. The number of hydrogen-bond acceptors (Lipinski definition) is 4. The van der Waals surface area contributed by atoms with Crippen LogP contribution < -0.4 is 10.9 Å². The Balaban J connectivity index is 1.82. The molecule has 0 aliphatic carbocycles. The molecule has 3 aromatic rings. The molecule has 0 aliphatic rings. The van der Waals surface area contributed by atoms with Crippen LogP contribution in [0.2, 0.25) is 5.02 Å². The van der Waals surface area contributed by atoms with Crippen LogP contribution >= 0.6 is 11.6 Å². The Labute approximate surface area is 158 Å². The number of aromatic nitrogens is 2. The number of amides is 1. The summed E-state index contributed by atoms with van der Waals surface area (Å²) in [5.74, 6) is -1.09. The van der Waals surface area contributed by atoms with Gasteiger partial charge >= 0.3 is 0 Å². The Bertz CT molecular complexity index is 1120. The van der Waals surface area contributed by atoms with E-state index in [0.29, 0.717) is 22.5 Å². The number of nitriles is 1. The molecular weight excluding hydrogens is 371 g/mol. The van der Waals surface area contributed by atoms with Gasteiger partial charge < -0.3 is 5.32 Å². The maximum absolute atomic E-state index is 13.6. The predicted molar refractivity (Wildman–Crippen MR) is 98.7 cm³/mol. The molecule has 0 bridgehead atoms. The lowest BCUT2D eigenvalue weighted by Crippen LogP contribution is -2.29. The zero-order valence-corrected chi connectivity index (χ0v) is 14.6. The predicted octanol–water partition coefficient (Wildman–Crippen LogP) is 3.21. The number of halogens is 2. The first-order valence-corrected chi connectivity index (χ1v) is 8.17. The lowest BCUT2D eigenvalue weighted by molar-refractivity contribution is -0.117. The molecule has 1 N–H and O–H groups in total. The minimum Gasteiger partial charge on any atom is -0.324 e. The largest absolute Gasteiger partial charge is 0.324 e. The summed E-state index contributed by atoms with van der Waals surface area (Å²) in [4.78, 5) is 24.2. The van der Waals surface area contributed by atoms with Gasteiger partial charge in [-0.15, -0.1) is 0 Å². The number of rotatable bonds is 4. The van der Waals surface area contributed by atoms with Gasteiger partial charge in [0.05, 0.1) is 22.3 Å². The normalized spacial score (nSPS) is 10.3. The Hall–Kier alpha value is -3.50. The summed E-state index contributed by atoms with van der Waals surface area (Å²) < 4.78 is 14.6. The molecule has 0 saturated carbocycles. The monoisotopic (exact) mass is 382 g/mol. The minimum absolute atomic E-state index is 0.0222. The molecule has 134 valence electrons. The van der Waals surface area contributed by atoms with Crippen LogP contribution in [0.1, 0.15) is 5.56 Å². The van der Waals surface area contributed by atoms with Crippen molar-refractivity contribution in [1.82, 2.24) is 9.78 Å². The number of nitrogens with zero attached hydrogens (tertiary/aromatic N) is 3. The fourth-order valence-corrected chi connectivity index (χ4v) is 2.49. The molecule has 1 aromatic heterocycles. The van der Waals surface area contributed by atoms with Crippen LogP contribution in [0.3, 0.4) is 0 Å². The van der Waals surface area contributed by atoms with Crippen molar-refractivity contribution in [1.29, 1.82) is 5.26 Å². The van der Waals surface area contributed by atoms with E-state index in [4.69, 9.17) is 16.9 Å². The van der Waals surface area contributed by atoms with Crippen molar-refractivity contribution in [2.45, 2.75) is 6.54 Å². The summed E-state index contributed by atoms with van der Waals surface area (Å²) in [6.07, 6.45) is 0. The first-order chi connectivity index (χ1) is 13.0. The van der Waals surface area contributed by atoms with Gasteiger partial charge in [0.2, 0.25) is 5.91 Å². The second-order valence-corrected chi connectivity index (χ2v) is 5.99. The van der Waals surface area contributed by atoms with Crippen molar-refractivity contribution in [3.8, 4) is 17.3 Å². The van der Waals surface area contributed by atoms with Gasteiger partial charge in [-0.25, -0.2) is 9.07 Å². The highest BCUT2D eigenvalue weighted by molar-refractivity contribution is 6.30. The van der Waals surface area contributed by atoms with Gasteiger partial charge in [-0.05, 0) is 36.4 Å². The summed E-state index contributed by atoms with van der Waals surface area (Å²) in [5.41, 5.74) is 1.10. The van der Waals surface area contributed by atoms with Gasteiger partial charge in [0.1, 0.15) is 12.4 Å². The SMILES string of the molecule is N#Cc1cccc(NC(=O)Cn2nc(-c3ccc(Cl)c(F)c3)ccc2=O)c1. The molecule has 2 aromatic carbocycles. The summed E-state index contributed by atoms with van der Waals surface area (Å²) in [6, 6.07) is 15.2. The quantitative estimate of drug-likeness (QED) is 0.750. The average Bonchev–Trinajstić information content (AvgIpc) is 2.66. The van der Waals surface area contributed by atoms with E-state index in [2.05, 4.69) is 10.4 Å². The maximum atomic E-state index is 13.6. The second-order valence-electron chi connectivity index (χ2n) is 5.58. The maximum Gasteiger partial charge on any atom is 0.267 e. The van der Waals surface area contributed by atoms with E-state index in [1.807, 2.05) is 6.07 Å². The molecule has 3 rings (SSSR count). The smallest absolute Gasteiger partial charge is 0.267 e. The Kier molecular flexibility index (Phi) is 5.29. The van der Waals surface area contributed by atoms with Gasteiger partial charge in [-0.3, -0.25) is 9.59 Å². The van der Waals surface area contributed by atoms with E-state index < -0.39 is 17.3 Å². The van der Waals surface area contributed by atoms with Crippen LogP contribution in [0.15, 0.2) is 59.4 Å². The van der Waals surface area contributed by atoms with Crippen molar-refractivity contribution in [3.63, 3.8) is 0 Å². The zero-order valence-electron chi connectivity index (χ0n) is 13.8. The standard InChI is InChI=1S/C19H12ClFN4O2/c20-15-5-4-13(9-16(15)21)17-6-7-19(27)25(24-17)11-18(26)23-14-3-1-2-12(8-14)10-22/h1-9H,11H2,(H,23,26). The lowest BCUT2D eigenvalue weighted by Gasteiger charge is -2.09. The van der Waals surface area contributed by atoms with Crippen LogP contribution in [-0.4, -0.2) is 15.7 Å². The molecule has 0 aliphatic heterocycles. The Morgan fingerprint density at radius 2 is 2.04 bits per heavy atom. The van der Waals surface area contributed by atoms with Gasteiger partial charge in [-0.2, -0.15) is 10.4 Å². The Morgan fingerprint density at radius 3 is 2.78 bits per heavy atom. The third-order valence-corrected chi connectivity index (χ3v) is 3.96. The third-order valence-electron chi connectivity index (χ3n) is 3.65. The number of nitrogens with one attached hydrogen (secondary N) is 1. The zero-order chi connectivity index (χ0) is 19.4. The third kappa shape index (κ3) is 4.37. The molecule has 6 nitrogen and oxygen atoms in total. The van der Waals surface area contributed by atoms with Gasteiger partial charge in [-0.1, -0.05) is 23.7 Å². The fourth-order valence-electron chi connectivity index (χ4n) is 2.37. The summed E-state index contributed by atoms with van der Waals surface area (Å²) in [7, 11) is 0. The van der Waals surface area contributed by atoms with Crippen LogP contribution in [0.4, 0.5) is 10.1 Å². The van der Waals surface area contributed by atoms with E-state index in [-0.39, 0.29) is 11.6 Å². The highest BCUT2D eigenvalue weighted by atomic mass is 35.5. The van der Waals surface area contributed by atoms with E-state index >= 15 is 0 Å². The Morgan fingerprint density at radius 1 is 1.22 bits per heavy atom. The molecular formula is C19H12ClFN4O2. The van der Waals surface area contributed by atoms with Gasteiger partial charge in [0.15, 0.2) is 0 Å². The molecule has 0 atom stereocenters. The van der Waals surface area contributed by atoms with E-state index in [1.54, 1.807) is 24.3 Å². The van der Waals surface area contributed by atoms with Crippen LogP contribution in [0, 0.1) is 17.1 Å². The molecule has 1 heterocycles. The molecule has 8 heteroatoms. The minimum atomic E-state index is -0.608. The molecule has 0 saturated heterocycles. The lowest BCUT2D eigenvalue weighted by atomic mass is 10.1. The number of hydrogen-bond donors (Lipinski definition) is 1. The fraction of sp³-hybridized carbons (Fsp3) is 0.0526. The van der Waals surface area contributed by atoms with E-state index in [0.717, 1.165) is 4.68 Å². The molecule has 27 heavy (non-hydrogen) atoms. The highest BCUT2D eigenvalue weighted by Crippen LogP contribution is 2.22. The summed E-state index contributed by atoms with van der Waals surface area (Å²) >= 11 is 5.67.